The molecule has 0 bridgehead atoms. The topological polar surface area (TPSA) is 21.3 Å². The summed E-state index contributed by atoms with van der Waals surface area (Å²) >= 11 is 3.62. The maximum atomic E-state index is 5.95. The molecule has 0 heterocycles. The number of halogens is 1. The Morgan fingerprint density at radius 1 is 1.10 bits per heavy atom. The average Bonchev–Trinajstić information content (AvgIpc) is 2.45. The monoisotopic (exact) mass is 333 g/mol. The van der Waals surface area contributed by atoms with Gasteiger partial charge >= 0.3 is 0 Å². The lowest BCUT2D eigenvalue weighted by atomic mass is 10.1. The lowest BCUT2D eigenvalue weighted by molar-refractivity contribution is 0.302. The number of benzene rings is 2. The van der Waals surface area contributed by atoms with Gasteiger partial charge in [0.15, 0.2) is 0 Å². The molecule has 0 fully saturated rings. The first-order chi connectivity index (χ1) is 9.70. The molecule has 2 nitrogen and oxygen atoms in total. The molecule has 1 N–H and O–H groups in total. The van der Waals surface area contributed by atoms with Gasteiger partial charge in [0.25, 0.3) is 0 Å². The summed E-state index contributed by atoms with van der Waals surface area (Å²) in [5.74, 6) is 0.932. The first-order valence-corrected chi connectivity index (χ1v) is 7.60. The number of nitrogens with one attached hydrogen (secondary N) is 1. The van der Waals surface area contributed by atoms with Gasteiger partial charge in [-0.1, -0.05) is 36.4 Å². The first-order valence-electron chi connectivity index (χ1n) is 6.81. The number of hydrogen-bond donors (Lipinski definition) is 1. The fraction of sp³-hybridized carbons (Fsp3) is 0.294. The molecule has 2 aromatic rings. The predicted octanol–water partition coefficient (Wildman–Crippen LogP) is 4.10. The summed E-state index contributed by atoms with van der Waals surface area (Å²) in [4.78, 5) is 0. The average molecular weight is 334 g/mol. The van der Waals surface area contributed by atoms with Gasteiger partial charge in [-0.05, 0) is 65.6 Å². The SMILES string of the molecule is CNCCc1cc(C)c(OCc2ccccc2)c(Br)c1. The molecule has 0 saturated heterocycles. The Morgan fingerprint density at radius 3 is 2.50 bits per heavy atom. The van der Waals surface area contributed by atoms with Crippen molar-refractivity contribution in [3.05, 3.63) is 63.6 Å². The van der Waals surface area contributed by atoms with Gasteiger partial charge in [-0.25, -0.2) is 0 Å². The molecule has 20 heavy (non-hydrogen) atoms. The normalized spacial score (nSPS) is 10.6. The van der Waals surface area contributed by atoms with E-state index in [1.54, 1.807) is 0 Å². The summed E-state index contributed by atoms with van der Waals surface area (Å²) in [5, 5.41) is 3.17. The number of ether oxygens (including phenoxy) is 1. The van der Waals surface area contributed by atoms with Gasteiger partial charge in [0.1, 0.15) is 12.4 Å². The van der Waals surface area contributed by atoms with Gasteiger partial charge in [-0.3, -0.25) is 0 Å². The van der Waals surface area contributed by atoms with Crippen molar-refractivity contribution < 1.29 is 4.74 Å². The third-order valence-corrected chi connectivity index (χ3v) is 3.77. The van der Waals surface area contributed by atoms with Crippen LogP contribution in [0.1, 0.15) is 16.7 Å². The van der Waals surface area contributed by atoms with Crippen LogP contribution in [0.25, 0.3) is 0 Å². The Balaban J connectivity index is 2.08. The number of rotatable bonds is 6. The zero-order valence-electron chi connectivity index (χ0n) is 11.9. The van der Waals surface area contributed by atoms with E-state index in [1.807, 2.05) is 25.2 Å². The van der Waals surface area contributed by atoms with E-state index in [2.05, 4.69) is 52.4 Å². The number of hydrogen-bond acceptors (Lipinski definition) is 2. The number of likely N-dealkylation sites (N-methyl/N-ethyl adjacent to an activating group) is 1. The van der Waals surface area contributed by atoms with Crippen molar-refractivity contribution in [2.45, 2.75) is 20.0 Å². The summed E-state index contributed by atoms with van der Waals surface area (Å²) in [6, 6.07) is 14.6. The minimum atomic E-state index is 0.593. The second-order valence-electron chi connectivity index (χ2n) is 4.85. The quantitative estimate of drug-likeness (QED) is 0.859. The maximum absolute atomic E-state index is 5.95. The molecule has 0 atom stereocenters. The minimum absolute atomic E-state index is 0.593. The summed E-state index contributed by atoms with van der Waals surface area (Å²) in [6.45, 7) is 3.67. The molecule has 0 saturated carbocycles. The zero-order valence-corrected chi connectivity index (χ0v) is 13.5. The van der Waals surface area contributed by atoms with Crippen molar-refractivity contribution in [1.82, 2.24) is 5.32 Å². The fourth-order valence-corrected chi connectivity index (χ4v) is 2.85. The molecule has 0 aliphatic carbocycles. The van der Waals surface area contributed by atoms with Crippen LogP contribution >= 0.6 is 15.9 Å². The third kappa shape index (κ3) is 4.09. The van der Waals surface area contributed by atoms with Crippen LogP contribution < -0.4 is 10.1 Å². The highest BCUT2D eigenvalue weighted by molar-refractivity contribution is 9.10. The molecule has 2 rings (SSSR count). The molecule has 0 aromatic heterocycles. The lowest BCUT2D eigenvalue weighted by Gasteiger charge is -2.13. The molecular formula is C17H20BrNO. The highest BCUT2D eigenvalue weighted by Crippen LogP contribution is 2.31. The van der Waals surface area contributed by atoms with Gasteiger partial charge in [-0.2, -0.15) is 0 Å². The predicted molar refractivity (Wildman–Crippen MR) is 87.3 cm³/mol. The molecular weight excluding hydrogens is 314 g/mol. The van der Waals surface area contributed by atoms with Crippen molar-refractivity contribution in [2.24, 2.45) is 0 Å². The zero-order chi connectivity index (χ0) is 14.4. The maximum Gasteiger partial charge on any atom is 0.136 e. The third-order valence-electron chi connectivity index (χ3n) is 3.18. The van der Waals surface area contributed by atoms with E-state index in [4.69, 9.17) is 4.74 Å². The van der Waals surface area contributed by atoms with Crippen LogP contribution in [-0.2, 0) is 13.0 Å². The highest BCUT2D eigenvalue weighted by Gasteiger charge is 2.08. The Hall–Kier alpha value is -1.32. The van der Waals surface area contributed by atoms with Gasteiger partial charge < -0.3 is 10.1 Å². The second-order valence-corrected chi connectivity index (χ2v) is 5.71. The molecule has 3 heteroatoms. The van der Waals surface area contributed by atoms with E-state index in [1.165, 1.54) is 16.7 Å². The molecule has 2 aromatic carbocycles. The van der Waals surface area contributed by atoms with Gasteiger partial charge in [0.05, 0.1) is 4.47 Å². The lowest BCUT2D eigenvalue weighted by Crippen LogP contribution is -2.10. The van der Waals surface area contributed by atoms with Crippen LogP contribution in [0.15, 0.2) is 46.9 Å². The summed E-state index contributed by atoms with van der Waals surface area (Å²) in [7, 11) is 1.97. The van der Waals surface area contributed by atoms with Crippen LogP contribution in [0.5, 0.6) is 5.75 Å². The molecule has 0 amide bonds. The van der Waals surface area contributed by atoms with Crippen LogP contribution in [-0.4, -0.2) is 13.6 Å². The summed E-state index contributed by atoms with van der Waals surface area (Å²) < 4.78 is 6.98. The van der Waals surface area contributed by atoms with Crippen molar-refractivity contribution in [3.8, 4) is 5.75 Å². The van der Waals surface area contributed by atoms with Crippen molar-refractivity contribution in [3.63, 3.8) is 0 Å². The van der Waals surface area contributed by atoms with Crippen molar-refractivity contribution >= 4 is 15.9 Å². The minimum Gasteiger partial charge on any atom is -0.487 e. The van der Waals surface area contributed by atoms with E-state index < -0.39 is 0 Å². The van der Waals surface area contributed by atoms with E-state index in [9.17, 15) is 0 Å². The van der Waals surface area contributed by atoms with E-state index in [-0.39, 0.29) is 0 Å². The molecule has 106 valence electrons. The molecule has 0 unspecified atom stereocenters. The smallest absolute Gasteiger partial charge is 0.136 e. The van der Waals surface area contributed by atoms with Gasteiger partial charge in [0, 0.05) is 0 Å². The standard InChI is InChI=1S/C17H20BrNO/c1-13-10-15(8-9-19-2)11-16(18)17(13)20-12-14-6-4-3-5-7-14/h3-7,10-11,19H,8-9,12H2,1-2H3. The van der Waals surface area contributed by atoms with Crippen molar-refractivity contribution in [1.29, 1.82) is 0 Å². The van der Waals surface area contributed by atoms with Crippen LogP contribution in [0, 0.1) is 6.92 Å². The van der Waals surface area contributed by atoms with Crippen LogP contribution in [0.2, 0.25) is 0 Å². The van der Waals surface area contributed by atoms with Crippen LogP contribution in [0.3, 0.4) is 0 Å². The summed E-state index contributed by atoms with van der Waals surface area (Å²) in [5.41, 5.74) is 3.66. The van der Waals surface area contributed by atoms with Gasteiger partial charge in [0.2, 0.25) is 0 Å². The Kier molecular flexibility index (Phi) is 5.62. The highest BCUT2D eigenvalue weighted by atomic mass is 79.9. The number of aryl methyl sites for hydroxylation is 1. The first kappa shape index (κ1) is 15.1. The van der Waals surface area contributed by atoms with E-state index >= 15 is 0 Å². The second kappa shape index (κ2) is 7.46. The van der Waals surface area contributed by atoms with E-state index in [0.29, 0.717) is 6.61 Å². The van der Waals surface area contributed by atoms with Gasteiger partial charge in [-0.15, -0.1) is 0 Å². The molecule has 0 aliphatic rings. The molecule has 0 radical (unpaired) electrons. The Morgan fingerprint density at radius 2 is 1.85 bits per heavy atom. The summed E-state index contributed by atoms with van der Waals surface area (Å²) in [6.07, 6.45) is 1.02. The largest absolute Gasteiger partial charge is 0.487 e. The van der Waals surface area contributed by atoms with Crippen molar-refractivity contribution in [2.75, 3.05) is 13.6 Å². The molecule has 0 aliphatic heterocycles. The van der Waals surface area contributed by atoms with E-state index in [0.717, 1.165) is 23.2 Å². The Bertz CT molecular complexity index is 531. The fourth-order valence-electron chi connectivity index (χ4n) is 2.13. The molecule has 0 spiro atoms. The van der Waals surface area contributed by atoms with Crippen LogP contribution in [0.4, 0.5) is 0 Å². The Labute approximate surface area is 129 Å².